The molecule has 0 unspecified atom stereocenters. The van der Waals surface area contributed by atoms with Crippen LogP contribution in [0.25, 0.3) is 0 Å². The van der Waals surface area contributed by atoms with Gasteiger partial charge in [0.05, 0.1) is 12.5 Å². The van der Waals surface area contributed by atoms with E-state index in [4.69, 9.17) is 16.3 Å². The highest BCUT2D eigenvalue weighted by atomic mass is 35.5. The van der Waals surface area contributed by atoms with Crippen LogP contribution in [0, 0.1) is 5.92 Å². The van der Waals surface area contributed by atoms with E-state index in [1.54, 1.807) is 0 Å². The van der Waals surface area contributed by atoms with Gasteiger partial charge in [0.2, 0.25) is 0 Å². The van der Waals surface area contributed by atoms with Gasteiger partial charge in [0.15, 0.2) is 0 Å². The summed E-state index contributed by atoms with van der Waals surface area (Å²) in [5, 5.41) is 0.701. The van der Waals surface area contributed by atoms with Crippen LogP contribution in [0.15, 0.2) is 24.3 Å². The number of halogens is 1. The molecule has 1 aliphatic carbocycles. The Morgan fingerprint density at radius 1 is 1.32 bits per heavy atom. The van der Waals surface area contributed by atoms with E-state index in [0.29, 0.717) is 17.5 Å². The Kier molecular flexibility index (Phi) is 5.26. The second-order valence-electron chi connectivity index (χ2n) is 5.24. The van der Waals surface area contributed by atoms with Crippen molar-refractivity contribution in [3.63, 3.8) is 0 Å². The van der Waals surface area contributed by atoms with Crippen molar-refractivity contribution in [1.29, 1.82) is 0 Å². The highest BCUT2D eigenvalue weighted by Gasteiger charge is 2.27. The quantitative estimate of drug-likeness (QED) is 0.739. The summed E-state index contributed by atoms with van der Waals surface area (Å²) in [5.41, 5.74) is 1.02. The second kappa shape index (κ2) is 6.95. The molecule has 0 radical (unpaired) electrons. The molecule has 1 aliphatic rings. The van der Waals surface area contributed by atoms with Crippen molar-refractivity contribution in [3.05, 3.63) is 34.9 Å². The van der Waals surface area contributed by atoms with Crippen molar-refractivity contribution in [2.24, 2.45) is 5.92 Å². The number of carbonyl (C=O) groups is 1. The molecule has 0 saturated heterocycles. The third-order valence-electron chi connectivity index (χ3n) is 3.89. The second-order valence-corrected chi connectivity index (χ2v) is 5.68. The number of benzene rings is 1. The summed E-state index contributed by atoms with van der Waals surface area (Å²) in [6.45, 7) is 2.29. The maximum atomic E-state index is 12.2. The molecule has 1 saturated carbocycles. The van der Waals surface area contributed by atoms with E-state index in [1.807, 2.05) is 31.2 Å². The van der Waals surface area contributed by atoms with Crippen LogP contribution in [0.2, 0.25) is 5.02 Å². The molecule has 19 heavy (non-hydrogen) atoms. The summed E-state index contributed by atoms with van der Waals surface area (Å²) in [5.74, 6) is 0.419. The summed E-state index contributed by atoms with van der Waals surface area (Å²) in [7, 11) is 0. The first-order valence-corrected chi connectivity index (χ1v) is 7.50. The summed E-state index contributed by atoms with van der Waals surface area (Å²) < 4.78 is 5.23. The minimum Gasteiger partial charge on any atom is -0.466 e. The molecular formula is C16H21ClO2. The van der Waals surface area contributed by atoms with E-state index in [1.165, 1.54) is 25.7 Å². The van der Waals surface area contributed by atoms with Gasteiger partial charge in [-0.15, -0.1) is 0 Å². The summed E-state index contributed by atoms with van der Waals surface area (Å²) >= 11 is 5.91. The third-order valence-corrected chi connectivity index (χ3v) is 4.14. The lowest BCUT2D eigenvalue weighted by Gasteiger charge is -2.19. The first-order chi connectivity index (χ1) is 9.20. The molecule has 0 amide bonds. The van der Waals surface area contributed by atoms with Gasteiger partial charge >= 0.3 is 5.97 Å². The van der Waals surface area contributed by atoms with E-state index in [0.717, 1.165) is 12.0 Å². The SMILES string of the molecule is CCOC(=O)[C@@H](CC1CCCC1)c1ccc(Cl)cc1. The number of esters is 1. The van der Waals surface area contributed by atoms with Gasteiger partial charge in [0.1, 0.15) is 0 Å². The van der Waals surface area contributed by atoms with E-state index < -0.39 is 0 Å². The lowest BCUT2D eigenvalue weighted by molar-refractivity contribution is -0.145. The Morgan fingerprint density at radius 2 is 1.95 bits per heavy atom. The Morgan fingerprint density at radius 3 is 2.53 bits per heavy atom. The minimum absolute atomic E-state index is 0.100. The molecule has 0 aromatic heterocycles. The molecule has 0 heterocycles. The van der Waals surface area contributed by atoms with Gasteiger partial charge in [0.25, 0.3) is 0 Å². The van der Waals surface area contributed by atoms with Crippen molar-refractivity contribution in [2.75, 3.05) is 6.61 Å². The molecular weight excluding hydrogens is 260 g/mol. The zero-order valence-corrected chi connectivity index (χ0v) is 12.2. The fourth-order valence-electron chi connectivity index (χ4n) is 2.89. The third kappa shape index (κ3) is 3.97. The van der Waals surface area contributed by atoms with Crippen LogP contribution >= 0.6 is 11.6 Å². The van der Waals surface area contributed by atoms with E-state index in [-0.39, 0.29) is 11.9 Å². The molecule has 0 bridgehead atoms. The highest BCUT2D eigenvalue weighted by molar-refractivity contribution is 6.30. The summed E-state index contributed by atoms with van der Waals surface area (Å²) in [6.07, 6.45) is 5.97. The van der Waals surface area contributed by atoms with E-state index in [2.05, 4.69) is 0 Å². The number of carbonyl (C=O) groups excluding carboxylic acids is 1. The molecule has 2 rings (SSSR count). The van der Waals surface area contributed by atoms with Crippen molar-refractivity contribution in [1.82, 2.24) is 0 Å². The van der Waals surface area contributed by atoms with Gasteiger partial charge in [-0.2, -0.15) is 0 Å². The topological polar surface area (TPSA) is 26.3 Å². The number of ether oxygens (including phenoxy) is 1. The Labute approximate surface area is 120 Å². The molecule has 1 aromatic carbocycles. The van der Waals surface area contributed by atoms with Crippen molar-refractivity contribution in [3.8, 4) is 0 Å². The van der Waals surface area contributed by atoms with Crippen LogP contribution in [0.5, 0.6) is 0 Å². The first-order valence-electron chi connectivity index (χ1n) is 7.12. The van der Waals surface area contributed by atoms with Crippen LogP contribution in [0.3, 0.4) is 0 Å². The first kappa shape index (κ1) is 14.4. The summed E-state index contributed by atoms with van der Waals surface area (Å²) in [6, 6.07) is 7.58. The van der Waals surface area contributed by atoms with Gasteiger partial charge in [-0.25, -0.2) is 0 Å². The fourth-order valence-corrected chi connectivity index (χ4v) is 3.01. The van der Waals surface area contributed by atoms with Crippen LogP contribution in [-0.2, 0) is 9.53 Å². The van der Waals surface area contributed by atoms with Gasteiger partial charge < -0.3 is 4.74 Å². The molecule has 3 heteroatoms. The maximum absolute atomic E-state index is 12.2. The number of hydrogen-bond donors (Lipinski definition) is 0. The fraction of sp³-hybridized carbons (Fsp3) is 0.562. The largest absolute Gasteiger partial charge is 0.466 e. The van der Waals surface area contributed by atoms with Crippen LogP contribution in [0.1, 0.15) is 50.5 Å². The van der Waals surface area contributed by atoms with Crippen molar-refractivity contribution in [2.45, 2.75) is 44.9 Å². The normalized spacial score (nSPS) is 17.4. The van der Waals surface area contributed by atoms with Crippen LogP contribution < -0.4 is 0 Å². The smallest absolute Gasteiger partial charge is 0.313 e. The average molecular weight is 281 g/mol. The molecule has 1 atom stereocenters. The zero-order valence-electron chi connectivity index (χ0n) is 11.4. The average Bonchev–Trinajstić information content (AvgIpc) is 2.90. The standard InChI is InChI=1S/C16H21ClO2/c1-2-19-16(18)15(11-12-5-3-4-6-12)13-7-9-14(17)10-8-13/h7-10,12,15H,2-6,11H2,1H3/t15-/m0/s1. The molecule has 0 aliphatic heterocycles. The molecule has 1 fully saturated rings. The molecule has 1 aromatic rings. The Bertz CT molecular complexity index is 407. The van der Waals surface area contributed by atoms with Crippen molar-refractivity contribution < 1.29 is 9.53 Å². The van der Waals surface area contributed by atoms with Gasteiger partial charge in [0, 0.05) is 5.02 Å². The predicted octanol–water partition coefficient (Wildman–Crippen LogP) is 4.57. The maximum Gasteiger partial charge on any atom is 0.313 e. The summed E-state index contributed by atoms with van der Waals surface area (Å²) in [4.78, 5) is 12.2. The van der Waals surface area contributed by atoms with Crippen LogP contribution in [0.4, 0.5) is 0 Å². The van der Waals surface area contributed by atoms with Gasteiger partial charge in [-0.1, -0.05) is 49.4 Å². The lowest BCUT2D eigenvalue weighted by atomic mass is 9.88. The Balaban J connectivity index is 2.12. The van der Waals surface area contributed by atoms with Gasteiger partial charge in [-0.05, 0) is 37.0 Å². The number of hydrogen-bond acceptors (Lipinski definition) is 2. The van der Waals surface area contributed by atoms with Crippen LogP contribution in [-0.4, -0.2) is 12.6 Å². The monoisotopic (exact) mass is 280 g/mol. The van der Waals surface area contributed by atoms with Gasteiger partial charge in [-0.3, -0.25) is 4.79 Å². The van der Waals surface area contributed by atoms with E-state index in [9.17, 15) is 4.79 Å². The molecule has 0 N–H and O–H groups in total. The van der Waals surface area contributed by atoms with Crippen molar-refractivity contribution >= 4 is 17.6 Å². The lowest BCUT2D eigenvalue weighted by Crippen LogP contribution is -2.18. The highest BCUT2D eigenvalue weighted by Crippen LogP contribution is 2.35. The molecule has 0 spiro atoms. The molecule has 2 nitrogen and oxygen atoms in total. The number of rotatable bonds is 5. The van der Waals surface area contributed by atoms with E-state index >= 15 is 0 Å². The minimum atomic E-state index is -0.139. The zero-order chi connectivity index (χ0) is 13.7. The predicted molar refractivity (Wildman–Crippen MR) is 77.4 cm³/mol. The molecule has 104 valence electrons. The Hall–Kier alpha value is -1.02.